The molecule has 0 atom stereocenters. The van der Waals surface area contributed by atoms with Gasteiger partial charge >= 0.3 is 0 Å². The second kappa shape index (κ2) is 7.37. The summed E-state index contributed by atoms with van der Waals surface area (Å²) in [6, 6.07) is 14.5. The molecule has 2 aromatic rings. The summed E-state index contributed by atoms with van der Waals surface area (Å²) in [7, 11) is -3.43. The fraction of sp³-hybridized carbons (Fsp3) is 0.316. The van der Waals surface area contributed by atoms with E-state index in [1.807, 2.05) is 31.2 Å². The first-order valence-electron chi connectivity index (χ1n) is 8.36. The van der Waals surface area contributed by atoms with E-state index in [0.29, 0.717) is 13.0 Å². The number of hydrogen-bond donors (Lipinski definition) is 2. The molecule has 1 amide bonds. The highest BCUT2D eigenvalue weighted by molar-refractivity contribution is 7.89. The molecule has 1 fully saturated rings. The number of aryl methyl sites for hydroxylation is 1. The van der Waals surface area contributed by atoms with Crippen molar-refractivity contribution in [2.75, 3.05) is 0 Å². The largest absolute Gasteiger partial charge is 0.352 e. The summed E-state index contributed by atoms with van der Waals surface area (Å²) in [5.41, 5.74) is 2.96. The van der Waals surface area contributed by atoms with Gasteiger partial charge in [0.1, 0.15) is 0 Å². The van der Waals surface area contributed by atoms with Crippen molar-refractivity contribution in [1.29, 1.82) is 0 Å². The van der Waals surface area contributed by atoms with Crippen molar-refractivity contribution < 1.29 is 13.2 Å². The first kappa shape index (κ1) is 17.6. The Labute approximate surface area is 148 Å². The van der Waals surface area contributed by atoms with Crippen molar-refractivity contribution >= 4 is 15.9 Å². The molecule has 1 aliphatic carbocycles. The maximum Gasteiger partial charge on any atom is 0.240 e. The minimum Gasteiger partial charge on any atom is -0.352 e. The summed E-state index contributed by atoms with van der Waals surface area (Å²) in [6.07, 6.45) is 2.15. The van der Waals surface area contributed by atoms with E-state index < -0.39 is 10.0 Å². The third-order valence-electron chi connectivity index (χ3n) is 4.23. The standard InChI is InChI=1S/C19H22N2O3S/c1-14-4-2-3-5-16(14)12-19(22)20-13-15-6-10-18(11-7-15)25(23,24)21-17-8-9-17/h2-7,10-11,17,21H,8-9,12-13H2,1H3,(H,20,22). The van der Waals surface area contributed by atoms with E-state index in [4.69, 9.17) is 0 Å². The van der Waals surface area contributed by atoms with E-state index >= 15 is 0 Å². The van der Waals surface area contributed by atoms with E-state index in [1.165, 1.54) is 0 Å². The first-order chi connectivity index (χ1) is 11.9. The van der Waals surface area contributed by atoms with Crippen molar-refractivity contribution in [1.82, 2.24) is 10.0 Å². The molecule has 2 N–H and O–H groups in total. The van der Waals surface area contributed by atoms with Crippen molar-refractivity contribution in [3.05, 3.63) is 65.2 Å². The van der Waals surface area contributed by atoms with Gasteiger partial charge in [-0.25, -0.2) is 13.1 Å². The zero-order chi connectivity index (χ0) is 17.9. The highest BCUT2D eigenvalue weighted by Crippen LogP contribution is 2.22. The Hall–Kier alpha value is -2.18. The fourth-order valence-corrected chi connectivity index (χ4v) is 3.82. The minimum atomic E-state index is -3.43. The van der Waals surface area contributed by atoms with Gasteiger partial charge in [0.05, 0.1) is 11.3 Å². The lowest BCUT2D eigenvalue weighted by Crippen LogP contribution is -2.26. The van der Waals surface area contributed by atoms with E-state index in [2.05, 4.69) is 10.0 Å². The SMILES string of the molecule is Cc1ccccc1CC(=O)NCc1ccc(S(=O)(=O)NC2CC2)cc1. The highest BCUT2D eigenvalue weighted by Gasteiger charge is 2.27. The van der Waals surface area contributed by atoms with Gasteiger partial charge in [-0.05, 0) is 48.6 Å². The Bertz CT molecular complexity index is 856. The number of amides is 1. The predicted octanol–water partition coefficient (Wildman–Crippen LogP) is 2.29. The van der Waals surface area contributed by atoms with E-state index in [1.54, 1.807) is 24.3 Å². The lowest BCUT2D eigenvalue weighted by molar-refractivity contribution is -0.120. The second-order valence-electron chi connectivity index (χ2n) is 6.42. The molecule has 0 saturated heterocycles. The number of sulfonamides is 1. The van der Waals surface area contributed by atoms with Crippen LogP contribution in [-0.2, 0) is 27.8 Å². The Morgan fingerprint density at radius 3 is 2.40 bits per heavy atom. The van der Waals surface area contributed by atoms with Crippen LogP contribution >= 0.6 is 0 Å². The molecule has 1 aliphatic rings. The van der Waals surface area contributed by atoms with Gasteiger partial charge in [-0.3, -0.25) is 4.79 Å². The zero-order valence-corrected chi connectivity index (χ0v) is 15.0. The van der Waals surface area contributed by atoms with Crippen LogP contribution in [0.1, 0.15) is 29.5 Å². The maximum absolute atomic E-state index is 12.1. The highest BCUT2D eigenvalue weighted by atomic mass is 32.2. The van der Waals surface area contributed by atoms with E-state index in [9.17, 15) is 13.2 Å². The number of carbonyl (C=O) groups excluding carboxylic acids is 1. The number of benzene rings is 2. The van der Waals surface area contributed by atoms with Crippen LogP contribution in [0.15, 0.2) is 53.4 Å². The van der Waals surface area contributed by atoms with Gasteiger partial charge in [0, 0.05) is 12.6 Å². The lowest BCUT2D eigenvalue weighted by atomic mass is 10.1. The Morgan fingerprint density at radius 2 is 1.76 bits per heavy atom. The molecule has 25 heavy (non-hydrogen) atoms. The number of nitrogens with one attached hydrogen (secondary N) is 2. The second-order valence-corrected chi connectivity index (χ2v) is 8.13. The smallest absolute Gasteiger partial charge is 0.240 e. The van der Waals surface area contributed by atoms with Crippen LogP contribution in [0.25, 0.3) is 0 Å². The molecular weight excluding hydrogens is 336 g/mol. The quantitative estimate of drug-likeness (QED) is 0.797. The van der Waals surface area contributed by atoms with Crippen molar-refractivity contribution in [2.24, 2.45) is 0 Å². The molecule has 0 spiro atoms. The Kier molecular flexibility index (Phi) is 5.20. The van der Waals surface area contributed by atoms with Gasteiger partial charge in [0.15, 0.2) is 0 Å². The first-order valence-corrected chi connectivity index (χ1v) is 9.85. The van der Waals surface area contributed by atoms with E-state index in [-0.39, 0.29) is 16.8 Å². The van der Waals surface area contributed by atoms with Crippen LogP contribution < -0.4 is 10.0 Å². The van der Waals surface area contributed by atoms with Gasteiger partial charge in [0.2, 0.25) is 15.9 Å². The van der Waals surface area contributed by atoms with Crippen molar-refractivity contribution in [3.8, 4) is 0 Å². The predicted molar refractivity (Wildman–Crippen MR) is 96.5 cm³/mol. The lowest BCUT2D eigenvalue weighted by Gasteiger charge is -2.09. The molecular formula is C19H22N2O3S. The van der Waals surface area contributed by atoms with Crippen LogP contribution in [0, 0.1) is 6.92 Å². The topological polar surface area (TPSA) is 75.3 Å². The van der Waals surface area contributed by atoms with E-state index in [0.717, 1.165) is 29.5 Å². The molecule has 0 aliphatic heterocycles. The monoisotopic (exact) mass is 358 g/mol. The summed E-state index contributed by atoms with van der Waals surface area (Å²) in [6.45, 7) is 2.36. The average molecular weight is 358 g/mol. The third kappa shape index (κ3) is 4.90. The fourth-order valence-electron chi connectivity index (χ4n) is 2.52. The number of hydrogen-bond acceptors (Lipinski definition) is 3. The van der Waals surface area contributed by atoms with Crippen LogP contribution in [-0.4, -0.2) is 20.4 Å². The molecule has 0 radical (unpaired) electrons. The molecule has 0 unspecified atom stereocenters. The summed E-state index contributed by atoms with van der Waals surface area (Å²) >= 11 is 0. The molecule has 132 valence electrons. The molecule has 0 aromatic heterocycles. The van der Waals surface area contributed by atoms with Crippen LogP contribution in [0.2, 0.25) is 0 Å². The van der Waals surface area contributed by atoms with Gasteiger partial charge < -0.3 is 5.32 Å². The van der Waals surface area contributed by atoms with Crippen LogP contribution in [0.5, 0.6) is 0 Å². The average Bonchev–Trinajstić information content (AvgIpc) is 3.39. The summed E-state index contributed by atoms with van der Waals surface area (Å²) in [5.74, 6) is -0.0543. The molecule has 3 rings (SSSR count). The number of rotatable bonds is 7. The summed E-state index contributed by atoms with van der Waals surface area (Å²) in [4.78, 5) is 12.3. The minimum absolute atomic E-state index is 0.0543. The number of carbonyl (C=O) groups is 1. The summed E-state index contributed by atoms with van der Waals surface area (Å²) in [5, 5.41) is 2.87. The molecule has 5 nitrogen and oxygen atoms in total. The Morgan fingerprint density at radius 1 is 1.08 bits per heavy atom. The maximum atomic E-state index is 12.1. The Balaban J connectivity index is 1.55. The van der Waals surface area contributed by atoms with Crippen molar-refractivity contribution in [2.45, 2.75) is 43.7 Å². The third-order valence-corrected chi connectivity index (χ3v) is 5.77. The van der Waals surface area contributed by atoms with Crippen molar-refractivity contribution in [3.63, 3.8) is 0 Å². The molecule has 0 heterocycles. The molecule has 2 aromatic carbocycles. The molecule has 1 saturated carbocycles. The normalized spacial score (nSPS) is 14.3. The molecule has 6 heteroatoms. The summed E-state index contributed by atoms with van der Waals surface area (Å²) < 4.78 is 26.9. The van der Waals surface area contributed by atoms with Gasteiger partial charge in [-0.1, -0.05) is 36.4 Å². The van der Waals surface area contributed by atoms with Gasteiger partial charge in [0.25, 0.3) is 0 Å². The van der Waals surface area contributed by atoms with Crippen LogP contribution in [0.3, 0.4) is 0 Å². The zero-order valence-electron chi connectivity index (χ0n) is 14.2. The molecule has 0 bridgehead atoms. The van der Waals surface area contributed by atoms with Gasteiger partial charge in [-0.2, -0.15) is 0 Å². The van der Waals surface area contributed by atoms with Gasteiger partial charge in [-0.15, -0.1) is 0 Å². The van der Waals surface area contributed by atoms with Crippen LogP contribution in [0.4, 0.5) is 0 Å².